The molecular formula is C25H34IN5O2. The van der Waals surface area contributed by atoms with Crippen molar-refractivity contribution in [1.82, 2.24) is 10.6 Å². The Bertz CT molecular complexity index is 911. The van der Waals surface area contributed by atoms with Crippen LogP contribution < -0.4 is 20.4 Å². The van der Waals surface area contributed by atoms with Crippen molar-refractivity contribution in [2.75, 3.05) is 49.2 Å². The Morgan fingerprint density at radius 1 is 0.939 bits per heavy atom. The lowest BCUT2D eigenvalue weighted by molar-refractivity contribution is -0.117. The van der Waals surface area contributed by atoms with E-state index >= 15 is 0 Å². The molecule has 178 valence electrons. The number of hydrogen-bond acceptors (Lipinski definition) is 4. The van der Waals surface area contributed by atoms with Crippen LogP contribution in [0.1, 0.15) is 30.9 Å². The van der Waals surface area contributed by atoms with Crippen molar-refractivity contribution in [2.45, 2.75) is 32.9 Å². The van der Waals surface area contributed by atoms with Crippen molar-refractivity contribution in [3.8, 4) is 0 Å². The molecule has 2 aromatic rings. The summed E-state index contributed by atoms with van der Waals surface area (Å²) in [5.41, 5.74) is 4.56. The number of anilines is 2. The molecule has 0 spiro atoms. The van der Waals surface area contributed by atoms with Crippen molar-refractivity contribution in [3.05, 3.63) is 59.7 Å². The molecule has 0 unspecified atom stereocenters. The van der Waals surface area contributed by atoms with Gasteiger partial charge in [0.05, 0.1) is 19.8 Å². The summed E-state index contributed by atoms with van der Waals surface area (Å²) in [5.74, 6) is 1.01. The summed E-state index contributed by atoms with van der Waals surface area (Å²) in [7, 11) is 0. The van der Waals surface area contributed by atoms with Crippen molar-refractivity contribution < 1.29 is 9.53 Å². The molecule has 2 saturated heterocycles. The number of amides is 1. The fourth-order valence-electron chi connectivity index (χ4n) is 4.05. The second-order valence-electron chi connectivity index (χ2n) is 8.13. The van der Waals surface area contributed by atoms with E-state index in [4.69, 9.17) is 9.73 Å². The first-order valence-corrected chi connectivity index (χ1v) is 11.6. The van der Waals surface area contributed by atoms with E-state index in [2.05, 4.69) is 58.9 Å². The lowest BCUT2D eigenvalue weighted by atomic mass is 10.2. The van der Waals surface area contributed by atoms with Crippen LogP contribution in [-0.4, -0.2) is 51.3 Å². The standard InChI is InChI=1S/C25H33N5O2.HI/c1-2-26-25(27-18-20-5-9-22(10-6-20)29-14-16-32-17-15-29)28-19-21-7-11-23(12-8-21)30-13-3-4-24(30)31;/h5-12H,2-4,13-19H2,1H3,(H2,26,27,28);1H. The van der Waals surface area contributed by atoms with E-state index in [1.54, 1.807) is 0 Å². The van der Waals surface area contributed by atoms with E-state index in [9.17, 15) is 4.79 Å². The average Bonchev–Trinajstić information content (AvgIpc) is 3.28. The number of carbonyl (C=O) groups is 1. The number of rotatable bonds is 7. The van der Waals surface area contributed by atoms with Crippen LogP contribution in [0.25, 0.3) is 0 Å². The summed E-state index contributed by atoms with van der Waals surface area (Å²) < 4.78 is 5.43. The summed E-state index contributed by atoms with van der Waals surface area (Å²) in [6, 6.07) is 16.8. The summed E-state index contributed by atoms with van der Waals surface area (Å²) >= 11 is 0. The Morgan fingerprint density at radius 3 is 2.24 bits per heavy atom. The van der Waals surface area contributed by atoms with E-state index in [-0.39, 0.29) is 29.9 Å². The highest BCUT2D eigenvalue weighted by Gasteiger charge is 2.21. The Kier molecular flexibility index (Phi) is 9.80. The van der Waals surface area contributed by atoms with Crippen LogP contribution in [-0.2, 0) is 22.6 Å². The molecule has 33 heavy (non-hydrogen) atoms. The smallest absolute Gasteiger partial charge is 0.227 e. The van der Waals surface area contributed by atoms with Crippen LogP contribution in [0.5, 0.6) is 0 Å². The number of benzene rings is 2. The lowest BCUT2D eigenvalue weighted by Gasteiger charge is -2.28. The predicted octanol–water partition coefficient (Wildman–Crippen LogP) is 3.52. The molecule has 0 atom stereocenters. The minimum absolute atomic E-state index is 0. The second kappa shape index (κ2) is 12.8. The summed E-state index contributed by atoms with van der Waals surface area (Å²) in [4.78, 5) is 20.9. The third-order valence-corrected chi connectivity index (χ3v) is 5.86. The fraction of sp³-hybridized carbons (Fsp3) is 0.440. The number of carbonyl (C=O) groups excluding carboxylic acids is 1. The molecule has 0 aromatic heterocycles. The van der Waals surface area contributed by atoms with Gasteiger partial charge in [-0.3, -0.25) is 4.79 Å². The average molecular weight is 563 g/mol. The first-order valence-electron chi connectivity index (χ1n) is 11.6. The minimum atomic E-state index is 0. The predicted molar refractivity (Wildman–Crippen MR) is 145 cm³/mol. The number of hydrogen-bond donors (Lipinski definition) is 2. The van der Waals surface area contributed by atoms with Gasteiger partial charge in [0.2, 0.25) is 5.91 Å². The maximum atomic E-state index is 11.9. The zero-order chi connectivity index (χ0) is 22.2. The quantitative estimate of drug-likeness (QED) is 0.307. The highest BCUT2D eigenvalue weighted by Crippen LogP contribution is 2.21. The van der Waals surface area contributed by atoms with Gasteiger partial charge in [-0.1, -0.05) is 24.3 Å². The fourth-order valence-corrected chi connectivity index (χ4v) is 4.05. The number of halogens is 1. The van der Waals surface area contributed by atoms with Crippen LogP contribution in [0.15, 0.2) is 53.5 Å². The largest absolute Gasteiger partial charge is 0.378 e. The van der Waals surface area contributed by atoms with Crippen LogP contribution in [0, 0.1) is 0 Å². The summed E-state index contributed by atoms with van der Waals surface area (Å²) in [5, 5.41) is 6.72. The van der Waals surface area contributed by atoms with Crippen molar-refractivity contribution in [2.24, 2.45) is 4.99 Å². The van der Waals surface area contributed by atoms with E-state index in [1.807, 2.05) is 17.0 Å². The van der Waals surface area contributed by atoms with E-state index in [0.717, 1.165) is 63.0 Å². The monoisotopic (exact) mass is 563 g/mol. The number of ether oxygens (including phenoxy) is 1. The zero-order valence-electron chi connectivity index (χ0n) is 19.3. The molecular weight excluding hydrogens is 529 g/mol. The van der Waals surface area contributed by atoms with Crippen molar-refractivity contribution >= 4 is 47.2 Å². The molecule has 2 fully saturated rings. The molecule has 2 aliphatic rings. The first-order chi connectivity index (χ1) is 15.7. The molecule has 2 aliphatic heterocycles. The SMILES string of the molecule is CCNC(=NCc1ccc(N2CCOCC2)cc1)NCc1ccc(N2CCCC2=O)cc1.I. The van der Waals surface area contributed by atoms with Crippen molar-refractivity contribution in [1.29, 1.82) is 0 Å². The highest BCUT2D eigenvalue weighted by atomic mass is 127. The summed E-state index contributed by atoms with van der Waals surface area (Å²) in [6.45, 7) is 8.47. The third-order valence-electron chi connectivity index (χ3n) is 5.86. The number of guanidine groups is 1. The number of aliphatic imine (C=N–C) groups is 1. The van der Waals surface area contributed by atoms with E-state index in [0.29, 0.717) is 19.5 Å². The molecule has 2 heterocycles. The van der Waals surface area contributed by atoms with Gasteiger partial charge in [0.1, 0.15) is 0 Å². The number of nitrogens with one attached hydrogen (secondary N) is 2. The Labute approximate surface area is 213 Å². The van der Waals surface area contributed by atoms with Gasteiger partial charge < -0.3 is 25.2 Å². The molecule has 1 amide bonds. The summed E-state index contributed by atoms with van der Waals surface area (Å²) in [6.07, 6.45) is 1.60. The first kappa shape index (κ1) is 25.3. The second-order valence-corrected chi connectivity index (χ2v) is 8.13. The zero-order valence-corrected chi connectivity index (χ0v) is 21.6. The Hall–Kier alpha value is -2.33. The molecule has 7 nitrogen and oxygen atoms in total. The van der Waals surface area contributed by atoms with Gasteiger partial charge in [-0.05, 0) is 48.7 Å². The lowest BCUT2D eigenvalue weighted by Crippen LogP contribution is -2.36. The van der Waals surface area contributed by atoms with E-state index in [1.165, 1.54) is 11.3 Å². The maximum absolute atomic E-state index is 11.9. The maximum Gasteiger partial charge on any atom is 0.227 e. The van der Waals surface area contributed by atoms with Gasteiger partial charge in [-0.15, -0.1) is 24.0 Å². The molecule has 2 N–H and O–H groups in total. The van der Waals surface area contributed by atoms with Gasteiger partial charge in [-0.2, -0.15) is 0 Å². The molecule has 0 aliphatic carbocycles. The van der Waals surface area contributed by atoms with Crippen molar-refractivity contribution in [3.63, 3.8) is 0 Å². The number of nitrogens with zero attached hydrogens (tertiary/aromatic N) is 3. The number of morpholine rings is 1. The molecule has 2 aromatic carbocycles. The van der Waals surface area contributed by atoms with Crippen LogP contribution in [0.4, 0.5) is 11.4 Å². The van der Waals surface area contributed by atoms with Gasteiger partial charge in [0.25, 0.3) is 0 Å². The molecule has 4 rings (SSSR count). The van der Waals surface area contributed by atoms with Crippen LogP contribution in [0.2, 0.25) is 0 Å². The highest BCUT2D eigenvalue weighted by molar-refractivity contribution is 14.0. The van der Waals surface area contributed by atoms with Gasteiger partial charge in [0.15, 0.2) is 5.96 Å². The van der Waals surface area contributed by atoms with Crippen LogP contribution >= 0.6 is 24.0 Å². The normalized spacial score (nSPS) is 16.5. The Balaban J connectivity index is 0.00000306. The van der Waals surface area contributed by atoms with Crippen LogP contribution in [0.3, 0.4) is 0 Å². The Morgan fingerprint density at radius 2 is 1.61 bits per heavy atom. The minimum Gasteiger partial charge on any atom is -0.378 e. The topological polar surface area (TPSA) is 69.2 Å². The molecule has 0 bridgehead atoms. The van der Waals surface area contributed by atoms with Gasteiger partial charge >= 0.3 is 0 Å². The van der Waals surface area contributed by atoms with E-state index < -0.39 is 0 Å². The molecule has 8 heteroatoms. The van der Waals surface area contributed by atoms with Gasteiger partial charge in [0, 0.05) is 50.5 Å². The van der Waals surface area contributed by atoms with Gasteiger partial charge in [-0.25, -0.2) is 4.99 Å². The third kappa shape index (κ3) is 7.07. The molecule has 0 saturated carbocycles. The molecule has 0 radical (unpaired) electrons.